The summed E-state index contributed by atoms with van der Waals surface area (Å²) in [5.74, 6) is 0.486. The molecular formula is C14H21NO2S. The van der Waals surface area contributed by atoms with Crippen molar-refractivity contribution in [1.82, 2.24) is 5.32 Å². The van der Waals surface area contributed by atoms with Gasteiger partial charge in [-0.1, -0.05) is 24.6 Å². The molecule has 3 nitrogen and oxygen atoms in total. The van der Waals surface area contributed by atoms with Crippen molar-refractivity contribution in [2.45, 2.75) is 31.7 Å². The van der Waals surface area contributed by atoms with E-state index >= 15 is 0 Å². The van der Waals surface area contributed by atoms with E-state index in [1.54, 1.807) is 11.8 Å². The minimum absolute atomic E-state index is 0.199. The van der Waals surface area contributed by atoms with Crippen molar-refractivity contribution < 1.29 is 9.53 Å². The Kier molecular flexibility index (Phi) is 6.22. The van der Waals surface area contributed by atoms with Gasteiger partial charge in [0.25, 0.3) is 0 Å². The lowest BCUT2D eigenvalue weighted by Crippen LogP contribution is -2.39. The third-order valence-corrected chi connectivity index (χ3v) is 3.94. The van der Waals surface area contributed by atoms with Crippen LogP contribution in [-0.4, -0.2) is 31.4 Å². The average molecular weight is 267 g/mol. The molecule has 1 atom stereocenters. The van der Waals surface area contributed by atoms with Crippen LogP contribution in [0.4, 0.5) is 0 Å². The van der Waals surface area contributed by atoms with Crippen LogP contribution in [0.15, 0.2) is 23.1 Å². The number of hydrogen-bond donors (Lipinski definition) is 1. The van der Waals surface area contributed by atoms with Gasteiger partial charge in [-0.2, -0.15) is 0 Å². The maximum atomic E-state index is 11.6. The average Bonchev–Trinajstić information content (AvgIpc) is 2.37. The number of nitrogens with one attached hydrogen (secondary N) is 1. The molecular weight excluding hydrogens is 246 g/mol. The van der Waals surface area contributed by atoms with Crippen LogP contribution < -0.4 is 5.32 Å². The van der Waals surface area contributed by atoms with Crippen LogP contribution >= 0.6 is 11.8 Å². The second-order valence-electron chi connectivity index (χ2n) is 4.21. The molecule has 4 heteroatoms. The van der Waals surface area contributed by atoms with Gasteiger partial charge in [-0.05, 0) is 32.0 Å². The maximum Gasteiger partial charge on any atom is 0.323 e. The van der Waals surface area contributed by atoms with Crippen LogP contribution in [0.25, 0.3) is 0 Å². The smallest absolute Gasteiger partial charge is 0.323 e. The van der Waals surface area contributed by atoms with Gasteiger partial charge in [0.15, 0.2) is 0 Å². The van der Waals surface area contributed by atoms with Gasteiger partial charge < -0.3 is 10.1 Å². The van der Waals surface area contributed by atoms with Gasteiger partial charge in [0.1, 0.15) is 6.04 Å². The number of methoxy groups -OCH3 is 1. The Morgan fingerprint density at radius 2 is 2.17 bits per heavy atom. The van der Waals surface area contributed by atoms with Crippen molar-refractivity contribution in [3.63, 3.8) is 0 Å². The number of benzene rings is 1. The molecule has 0 radical (unpaired) electrons. The first-order chi connectivity index (χ1) is 8.58. The van der Waals surface area contributed by atoms with Crippen molar-refractivity contribution in [2.75, 3.05) is 19.4 Å². The molecule has 1 aromatic rings. The van der Waals surface area contributed by atoms with Crippen molar-refractivity contribution >= 4 is 17.7 Å². The van der Waals surface area contributed by atoms with Gasteiger partial charge in [-0.25, -0.2) is 0 Å². The van der Waals surface area contributed by atoms with Crippen LogP contribution in [0.1, 0.15) is 18.1 Å². The van der Waals surface area contributed by atoms with Gasteiger partial charge in [0.2, 0.25) is 0 Å². The van der Waals surface area contributed by atoms with Crippen LogP contribution in [0.3, 0.4) is 0 Å². The van der Waals surface area contributed by atoms with E-state index < -0.39 is 0 Å². The van der Waals surface area contributed by atoms with Crippen LogP contribution in [0.2, 0.25) is 0 Å². The van der Waals surface area contributed by atoms with E-state index in [2.05, 4.69) is 37.4 Å². The van der Waals surface area contributed by atoms with Gasteiger partial charge >= 0.3 is 5.97 Å². The first-order valence-electron chi connectivity index (χ1n) is 6.09. The largest absolute Gasteiger partial charge is 0.468 e. The summed E-state index contributed by atoms with van der Waals surface area (Å²) in [6, 6.07) is 6.12. The Morgan fingerprint density at radius 3 is 2.78 bits per heavy atom. The van der Waals surface area contributed by atoms with E-state index in [1.165, 1.54) is 23.1 Å². The number of hydrogen-bond acceptors (Lipinski definition) is 4. The Labute approximate surface area is 113 Å². The normalized spacial score (nSPS) is 12.2. The predicted molar refractivity (Wildman–Crippen MR) is 76.1 cm³/mol. The highest BCUT2D eigenvalue weighted by molar-refractivity contribution is 7.99. The first kappa shape index (κ1) is 15.1. The van der Waals surface area contributed by atoms with E-state index in [0.29, 0.717) is 5.75 Å². The summed E-state index contributed by atoms with van der Waals surface area (Å²) in [5, 5.41) is 3.14. The van der Waals surface area contributed by atoms with Crippen LogP contribution in [0, 0.1) is 13.8 Å². The minimum atomic E-state index is -0.245. The zero-order valence-corrected chi connectivity index (χ0v) is 12.3. The molecule has 0 amide bonds. The fourth-order valence-corrected chi connectivity index (χ4v) is 2.80. The third kappa shape index (κ3) is 4.35. The maximum absolute atomic E-state index is 11.6. The standard InChI is InChI=1S/C14H21NO2S/c1-5-15-12(14(16)17-4)9-18-13-8-10(2)6-7-11(13)3/h6-8,12,15H,5,9H2,1-4H3. The number of aryl methyl sites for hydroxylation is 2. The van der Waals surface area contributed by atoms with E-state index in [4.69, 9.17) is 4.74 Å². The lowest BCUT2D eigenvalue weighted by atomic mass is 10.2. The number of rotatable bonds is 6. The Morgan fingerprint density at radius 1 is 1.44 bits per heavy atom. The highest BCUT2D eigenvalue weighted by Gasteiger charge is 2.18. The quantitative estimate of drug-likeness (QED) is 0.635. The van der Waals surface area contributed by atoms with E-state index in [0.717, 1.165) is 6.54 Å². The number of ether oxygens (including phenoxy) is 1. The molecule has 0 bridgehead atoms. The van der Waals surface area contributed by atoms with Crippen LogP contribution in [0.5, 0.6) is 0 Å². The molecule has 0 aromatic heterocycles. The predicted octanol–water partition coefficient (Wildman–Crippen LogP) is 2.55. The van der Waals surface area contributed by atoms with Crippen LogP contribution in [-0.2, 0) is 9.53 Å². The molecule has 100 valence electrons. The van der Waals surface area contributed by atoms with E-state index in [-0.39, 0.29) is 12.0 Å². The lowest BCUT2D eigenvalue weighted by Gasteiger charge is -2.15. The SMILES string of the molecule is CCNC(CSc1cc(C)ccc1C)C(=O)OC. The molecule has 0 aliphatic heterocycles. The monoisotopic (exact) mass is 267 g/mol. The third-order valence-electron chi connectivity index (χ3n) is 2.69. The molecule has 1 N–H and O–H groups in total. The summed E-state index contributed by atoms with van der Waals surface area (Å²) in [6.45, 7) is 6.90. The molecule has 18 heavy (non-hydrogen) atoms. The van der Waals surface area contributed by atoms with Gasteiger partial charge in [-0.3, -0.25) is 4.79 Å². The highest BCUT2D eigenvalue weighted by atomic mass is 32.2. The van der Waals surface area contributed by atoms with Crippen molar-refractivity contribution in [3.05, 3.63) is 29.3 Å². The molecule has 1 rings (SSSR count). The van der Waals surface area contributed by atoms with E-state index in [1.807, 2.05) is 6.92 Å². The minimum Gasteiger partial charge on any atom is -0.468 e. The summed E-state index contributed by atoms with van der Waals surface area (Å²) in [5.41, 5.74) is 2.48. The number of carbonyl (C=O) groups excluding carboxylic acids is 1. The number of carbonyl (C=O) groups is 1. The molecule has 1 unspecified atom stereocenters. The zero-order chi connectivity index (χ0) is 13.5. The molecule has 0 heterocycles. The molecule has 0 aliphatic carbocycles. The summed E-state index contributed by atoms with van der Waals surface area (Å²) in [4.78, 5) is 12.8. The molecule has 0 saturated carbocycles. The van der Waals surface area contributed by atoms with Gasteiger partial charge in [-0.15, -0.1) is 11.8 Å². The first-order valence-corrected chi connectivity index (χ1v) is 7.08. The van der Waals surface area contributed by atoms with Crippen molar-refractivity contribution in [2.24, 2.45) is 0 Å². The fraction of sp³-hybridized carbons (Fsp3) is 0.500. The zero-order valence-electron chi connectivity index (χ0n) is 11.4. The van der Waals surface area contributed by atoms with Crippen molar-refractivity contribution in [3.8, 4) is 0 Å². The van der Waals surface area contributed by atoms with Gasteiger partial charge in [0.05, 0.1) is 7.11 Å². The molecule has 1 aromatic carbocycles. The van der Waals surface area contributed by atoms with Crippen molar-refractivity contribution in [1.29, 1.82) is 0 Å². The topological polar surface area (TPSA) is 38.3 Å². The molecule has 0 fully saturated rings. The van der Waals surface area contributed by atoms with E-state index in [9.17, 15) is 4.79 Å². The summed E-state index contributed by atoms with van der Waals surface area (Å²) in [7, 11) is 1.43. The number of esters is 1. The molecule has 0 spiro atoms. The fourth-order valence-electron chi connectivity index (χ4n) is 1.63. The summed E-state index contributed by atoms with van der Waals surface area (Å²) in [6.07, 6.45) is 0. The lowest BCUT2D eigenvalue weighted by molar-refractivity contribution is -0.142. The second kappa shape index (κ2) is 7.44. The molecule has 0 aliphatic rings. The summed E-state index contributed by atoms with van der Waals surface area (Å²) < 4.78 is 4.79. The Balaban J connectivity index is 2.66. The Bertz CT molecular complexity index is 407. The highest BCUT2D eigenvalue weighted by Crippen LogP contribution is 2.24. The molecule has 0 saturated heterocycles. The summed E-state index contributed by atoms with van der Waals surface area (Å²) >= 11 is 1.69. The second-order valence-corrected chi connectivity index (χ2v) is 5.28. The number of thioether (sulfide) groups is 1. The number of likely N-dealkylation sites (N-methyl/N-ethyl adjacent to an activating group) is 1. The Hall–Kier alpha value is -1.00. The van der Waals surface area contributed by atoms with Gasteiger partial charge in [0, 0.05) is 10.6 Å².